The molecule has 2 nitrogen and oxygen atoms in total. The van der Waals surface area contributed by atoms with Crippen LogP contribution in [0.25, 0.3) is 11.3 Å². The highest BCUT2D eigenvalue weighted by Crippen LogP contribution is 2.37. The number of nitrogens with one attached hydrogen (secondary N) is 1. The fourth-order valence-electron chi connectivity index (χ4n) is 1.70. The number of halogens is 4. The smallest absolute Gasteiger partial charge is 0.417 e. The third-order valence-corrected chi connectivity index (χ3v) is 2.90. The van der Waals surface area contributed by atoms with Crippen LogP contribution in [0.1, 0.15) is 11.3 Å². The maximum Gasteiger partial charge on any atom is 0.417 e. The SMILES string of the molecule is CNCc1ccc(-c2ccc(Cl)c(C(F)(F)F)c2)o1. The van der Waals surface area contributed by atoms with Gasteiger partial charge in [0.15, 0.2) is 0 Å². The molecule has 0 unspecified atom stereocenters. The van der Waals surface area contributed by atoms with Crippen LogP contribution >= 0.6 is 11.6 Å². The summed E-state index contributed by atoms with van der Waals surface area (Å²) in [5, 5.41) is 2.58. The maximum atomic E-state index is 12.7. The molecule has 0 atom stereocenters. The third-order valence-electron chi connectivity index (χ3n) is 2.57. The Morgan fingerprint density at radius 1 is 1.21 bits per heavy atom. The summed E-state index contributed by atoms with van der Waals surface area (Å²) in [5.74, 6) is 1.04. The van der Waals surface area contributed by atoms with Gasteiger partial charge in [-0.15, -0.1) is 0 Å². The number of hydrogen-bond donors (Lipinski definition) is 1. The summed E-state index contributed by atoms with van der Waals surface area (Å²) in [6, 6.07) is 7.06. The largest absolute Gasteiger partial charge is 0.460 e. The van der Waals surface area contributed by atoms with Gasteiger partial charge in [0.1, 0.15) is 11.5 Å². The number of benzene rings is 1. The molecule has 0 saturated heterocycles. The van der Waals surface area contributed by atoms with Crippen molar-refractivity contribution in [2.24, 2.45) is 0 Å². The molecular weight excluding hydrogens is 279 g/mol. The minimum atomic E-state index is -4.48. The van der Waals surface area contributed by atoms with E-state index in [2.05, 4.69) is 5.32 Å². The molecule has 2 aromatic rings. The highest BCUT2D eigenvalue weighted by atomic mass is 35.5. The van der Waals surface area contributed by atoms with E-state index in [9.17, 15) is 13.2 Å². The van der Waals surface area contributed by atoms with Crippen LogP contribution in [-0.2, 0) is 12.7 Å². The van der Waals surface area contributed by atoms with Gasteiger partial charge in [0.05, 0.1) is 17.1 Å². The van der Waals surface area contributed by atoms with Gasteiger partial charge in [0, 0.05) is 5.56 Å². The van der Waals surface area contributed by atoms with Crippen molar-refractivity contribution in [1.29, 1.82) is 0 Å². The van der Waals surface area contributed by atoms with E-state index in [-0.39, 0.29) is 5.02 Å². The average molecular weight is 290 g/mol. The monoisotopic (exact) mass is 289 g/mol. The van der Waals surface area contributed by atoms with Gasteiger partial charge < -0.3 is 9.73 Å². The predicted molar refractivity (Wildman–Crippen MR) is 66.9 cm³/mol. The Kier molecular flexibility index (Phi) is 3.87. The molecule has 0 aliphatic heterocycles. The van der Waals surface area contributed by atoms with Crippen molar-refractivity contribution in [2.75, 3.05) is 7.05 Å². The lowest BCUT2D eigenvalue weighted by Crippen LogP contribution is -2.05. The summed E-state index contributed by atoms with van der Waals surface area (Å²) in [6.45, 7) is 0.514. The lowest BCUT2D eigenvalue weighted by Gasteiger charge is -2.09. The minimum Gasteiger partial charge on any atom is -0.460 e. The molecule has 0 fully saturated rings. The van der Waals surface area contributed by atoms with Crippen LogP contribution in [0.4, 0.5) is 13.2 Å². The first-order chi connectivity index (χ1) is 8.91. The van der Waals surface area contributed by atoms with Crippen LogP contribution in [0.3, 0.4) is 0 Å². The minimum absolute atomic E-state index is 0.321. The number of hydrogen-bond acceptors (Lipinski definition) is 2. The summed E-state index contributed by atoms with van der Waals surface area (Å²) >= 11 is 5.56. The molecule has 0 saturated carbocycles. The number of alkyl halides is 3. The molecule has 1 aromatic carbocycles. The van der Waals surface area contributed by atoms with E-state index in [1.807, 2.05) is 0 Å². The van der Waals surface area contributed by atoms with Crippen LogP contribution in [0.15, 0.2) is 34.7 Å². The topological polar surface area (TPSA) is 25.2 Å². The fraction of sp³-hybridized carbons (Fsp3) is 0.231. The van der Waals surface area contributed by atoms with Crippen LogP contribution < -0.4 is 5.32 Å². The van der Waals surface area contributed by atoms with Gasteiger partial charge in [-0.05, 0) is 37.4 Å². The van der Waals surface area contributed by atoms with E-state index >= 15 is 0 Å². The molecule has 0 radical (unpaired) electrons. The summed E-state index contributed by atoms with van der Waals surface area (Å²) in [6.07, 6.45) is -4.48. The number of furan rings is 1. The highest BCUT2D eigenvalue weighted by molar-refractivity contribution is 6.31. The van der Waals surface area contributed by atoms with E-state index in [1.54, 1.807) is 19.2 Å². The molecule has 2 rings (SSSR count). The van der Waals surface area contributed by atoms with Crippen molar-refractivity contribution in [3.05, 3.63) is 46.7 Å². The van der Waals surface area contributed by atoms with E-state index in [0.717, 1.165) is 6.07 Å². The molecule has 1 aromatic heterocycles. The molecule has 1 heterocycles. The molecular formula is C13H11ClF3NO. The number of rotatable bonds is 3. The standard InChI is InChI=1S/C13H11ClF3NO/c1-18-7-9-3-5-12(19-9)8-2-4-11(14)10(6-8)13(15,16)17/h2-6,18H,7H2,1H3. The van der Waals surface area contributed by atoms with E-state index < -0.39 is 11.7 Å². The molecule has 0 aliphatic rings. The Morgan fingerprint density at radius 3 is 2.58 bits per heavy atom. The van der Waals surface area contributed by atoms with Crippen LogP contribution in [0.5, 0.6) is 0 Å². The van der Waals surface area contributed by atoms with Gasteiger partial charge in [-0.2, -0.15) is 13.2 Å². The van der Waals surface area contributed by atoms with Crippen molar-refractivity contribution in [1.82, 2.24) is 5.32 Å². The summed E-state index contributed by atoms with van der Waals surface area (Å²) in [7, 11) is 1.76. The quantitative estimate of drug-likeness (QED) is 0.909. The van der Waals surface area contributed by atoms with Crippen molar-refractivity contribution in [3.8, 4) is 11.3 Å². The van der Waals surface area contributed by atoms with E-state index in [1.165, 1.54) is 12.1 Å². The van der Waals surface area contributed by atoms with E-state index in [4.69, 9.17) is 16.0 Å². The maximum absolute atomic E-state index is 12.7. The van der Waals surface area contributed by atoms with Gasteiger partial charge in [0.2, 0.25) is 0 Å². The second-order valence-corrected chi connectivity index (χ2v) is 4.40. The van der Waals surface area contributed by atoms with Crippen LogP contribution in [0.2, 0.25) is 5.02 Å². The van der Waals surface area contributed by atoms with Crippen LogP contribution in [0, 0.1) is 0 Å². The third kappa shape index (κ3) is 3.11. The van der Waals surface area contributed by atoms with Gasteiger partial charge in [0.25, 0.3) is 0 Å². The molecule has 0 aliphatic carbocycles. The zero-order valence-electron chi connectivity index (χ0n) is 10.0. The van der Waals surface area contributed by atoms with E-state index in [0.29, 0.717) is 23.6 Å². The molecule has 19 heavy (non-hydrogen) atoms. The summed E-state index contributed by atoms with van der Waals surface area (Å²) in [4.78, 5) is 0. The zero-order chi connectivity index (χ0) is 14.0. The Labute approximate surface area is 113 Å². The Morgan fingerprint density at radius 2 is 1.95 bits per heavy atom. The predicted octanol–water partition coefficient (Wildman–Crippen LogP) is 4.34. The van der Waals surface area contributed by atoms with Crippen LogP contribution in [-0.4, -0.2) is 7.05 Å². The second-order valence-electron chi connectivity index (χ2n) is 3.99. The lowest BCUT2D eigenvalue weighted by molar-refractivity contribution is -0.137. The average Bonchev–Trinajstić information content (AvgIpc) is 2.77. The Balaban J connectivity index is 2.39. The Hall–Kier alpha value is -1.46. The second kappa shape index (κ2) is 5.27. The fourth-order valence-corrected chi connectivity index (χ4v) is 1.92. The first-order valence-corrected chi connectivity index (χ1v) is 5.90. The normalized spacial score (nSPS) is 11.8. The first kappa shape index (κ1) is 14.0. The van der Waals surface area contributed by atoms with Crippen molar-refractivity contribution >= 4 is 11.6 Å². The van der Waals surface area contributed by atoms with Crippen molar-refractivity contribution in [3.63, 3.8) is 0 Å². The van der Waals surface area contributed by atoms with Crippen molar-refractivity contribution in [2.45, 2.75) is 12.7 Å². The van der Waals surface area contributed by atoms with Gasteiger partial charge in [-0.25, -0.2) is 0 Å². The molecule has 0 bridgehead atoms. The van der Waals surface area contributed by atoms with Gasteiger partial charge in [-0.3, -0.25) is 0 Å². The molecule has 0 spiro atoms. The molecule has 6 heteroatoms. The highest BCUT2D eigenvalue weighted by Gasteiger charge is 2.33. The zero-order valence-corrected chi connectivity index (χ0v) is 10.8. The molecule has 1 N–H and O–H groups in total. The summed E-state index contributed by atoms with van der Waals surface area (Å²) in [5.41, 5.74) is -0.516. The lowest BCUT2D eigenvalue weighted by atomic mass is 10.1. The molecule has 0 amide bonds. The Bertz CT molecular complexity index is 578. The summed E-state index contributed by atoms with van der Waals surface area (Å²) < 4.78 is 43.7. The van der Waals surface area contributed by atoms with Gasteiger partial charge in [-0.1, -0.05) is 11.6 Å². The molecule has 102 valence electrons. The van der Waals surface area contributed by atoms with Gasteiger partial charge >= 0.3 is 6.18 Å². The first-order valence-electron chi connectivity index (χ1n) is 5.52. The van der Waals surface area contributed by atoms with Crippen molar-refractivity contribution < 1.29 is 17.6 Å².